The van der Waals surface area contributed by atoms with Crippen LogP contribution in [0.3, 0.4) is 0 Å². The Morgan fingerprint density at radius 3 is 2.60 bits per heavy atom. The monoisotopic (exact) mass is 292 g/mol. The molecule has 1 aliphatic carbocycles. The van der Waals surface area contributed by atoms with Crippen LogP contribution in [0.1, 0.15) is 35.2 Å². The van der Waals surface area contributed by atoms with Crippen LogP contribution in [0.15, 0.2) is 24.3 Å². The Kier molecular flexibility index (Phi) is 5.49. The maximum atomic E-state index is 11.5. The lowest BCUT2D eigenvalue weighted by molar-refractivity contribution is 0.0963. The molecule has 4 heteroatoms. The molecule has 1 aromatic carbocycles. The quantitative estimate of drug-likeness (QED) is 0.905. The van der Waals surface area contributed by atoms with E-state index in [1.165, 1.54) is 24.8 Å². The number of carbonyl (C=O) groups is 1. The van der Waals surface area contributed by atoms with E-state index in [1.54, 1.807) is 7.05 Å². The highest BCUT2D eigenvalue weighted by molar-refractivity contribution is 7.99. The third-order valence-electron chi connectivity index (χ3n) is 4.19. The smallest absolute Gasteiger partial charge is 0.251 e. The number of nitrogens with one attached hydrogen (secondary N) is 1. The average Bonchev–Trinajstić information content (AvgIpc) is 2.96. The van der Waals surface area contributed by atoms with Crippen molar-refractivity contribution in [3.05, 3.63) is 35.4 Å². The van der Waals surface area contributed by atoms with Gasteiger partial charge in [-0.05, 0) is 50.3 Å². The van der Waals surface area contributed by atoms with E-state index in [9.17, 15) is 4.79 Å². The fraction of sp³-hybridized carbons (Fsp3) is 0.562. The summed E-state index contributed by atoms with van der Waals surface area (Å²) in [5, 5.41) is 3.48. The highest BCUT2D eigenvalue weighted by Crippen LogP contribution is 2.31. The van der Waals surface area contributed by atoms with Gasteiger partial charge >= 0.3 is 0 Å². The second kappa shape index (κ2) is 7.14. The Hall–Kier alpha value is -1.00. The third kappa shape index (κ3) is 3.76. The van der Waals surface area contributed by atoms with Gasteiger partial charge in [0, 0.05) is 30.4 Å². The molecule has 1 aliphatic rings. The molecule has 1 N–H and O–H groups in total. The van der Waals surface area contributed by atoms with Crippen LogP contribution in [0.5, 0.6) is 0 Å². The van der Waals surface area contributed by atoms with E-state index < -0.39 is 0 Å². The number of nitrogens with zero attached hydrogens (tertiary/aromatic N) is 1. The molecule has 1 fully saturated rings. The first-order valence-electron chi connectivity index (χ1n) is 7.18. The summed E-state index contributed by atoms with van der Waals surface area (Å²) in [6.45, 7) is 0.958. The minimum absolute atomic E-state index is 0.0245. The van der Waals surface area contributed by atoms with E-state index in [0.717, 1.165) is 17.4 Å². The van der Waals surface area contributed by atoms with Crippen molar-refractivity contribution in [1.29, 1.82) is 0 Å². The standard InChI is InChI=1S/C16H24N2OS/c1-17-16(19)13-6-4-12(5-7-13)11-18(2)14-8-9-15(10-14)20-3/h4-7,14-15H,8-11H2,1-3H3,(H,17,19)/t14-,15+/m0/s1. The van der Waals surface area contributed by atoms with Gasteiger partial charge in [-0.1, -0.05) is 12.1 Å². The minimum atomic E-state index is -0.0245. The Balaban J connectivity index is 1.91. The van der Waals surface area contributed by atoms with Crippen molar-refractivity contribution in [2.45, 2.75) is 37.1 Å². The van der Waals surface area contributed by atoms with Gasteiger partial charge in [0.25, 0.3) is 5.91 Å². The first-order valence-corrected chi connectivity index (χ1v) is 8.47. The second-order valence-corrected chi connectivity index (χ2v) is 6.65. The normalized spacial score (nSPS) is 22.2. The Morgan fingerprint density at radius 1 is 1.35 bits per heavy atom. The lowest BCUT2D eigenvalue weighted by atomic mass is 10.1. The van der Waals surface area contributed by atoms with Gasteiger partial charge in [-0.3, -0.25) is 9.69 Å². The number of amides is 1. The molecule has 0 heterocycles. The third-order valence-corrected chi connectivity index (χ3v) is 5.28. The number of carbonyl (C=O) groups excluding carboxylic acids is 1. The van der Waals surface area contributed by atoms with Crippen molar-refractivity contribution in [2.75, 3.05) is 20.4 Å². The van der Waals surface area contributed by atoms with Gasteiger partial charge in [0.2, 0.25) is 0 Å². The van der Waals surface area contributed by atoms with Crippen LogP contribution in [0.4, 0.5) is 0 Å². The highest BCUT2D eigenvalue weighted by Gasteiger charge is 2.26. The predicted octanol–water partition coefficient (Wildman–Crippen LogP) is 2.76. The highest BCUT2D eigenvalue weighted by atomic mass is 32.2. The fourth-order valence-corrected chi connectivity index (χ4v) is 3.64. The summed E-state index contributed by atoms with van der Waals surface area (Å²) in [6, 6.07) is 8.62. The summed E-state index contributed by atoms with van der Waals surface area (Å²) < 4.78 is 0. The first kappa shape index (κ1) is 15.4. The van der Waals surface area contributed by atoms with Crippen molar-refractivity contribution in [1.82, 2.24) is 10.2 Å². The largest absolute Gasteiger partial charge is 0.355 e. The van der Waals surface area contributed by atoms with E-state index in [2.05, 4.69) is 35.7 Å². The van der Waals surface area contributed by atoms with Gasteiger partial charge in [0.1, 0.15) is 0 Å². The molecule has 1 saturated carbocycles. The summed E-state index contributed by atoms with van der Waals surface area (Å²) in [7, 11) is 3.87. The molecule has 1 aromatic rings. The molecule has 0 unspecified atom stereocenters. The predicted molar refractivity (Wildman–Crippen MR) is 86.2 cm³/mol. The Bertz CT molecular complexity index is 446. The summed E-state index contributed by atoms with van der Waals surface area (Å²) in [6.07, 6.45) is 6.16. The molecule has 0 spiro atoms. The zero-order valence-corrected chi connectivity index (χ0v) is 13.4. The lowest BCUT2D eigenvalue weighted by Gasteiger charge is -2.24. The van der Waals surface area contributed by atoms with Crippen molar-refractivity contribution >= 4 is 17.7 Å². The lowest BCUT2D eigenvalue weighted by Crippen LogP contribution is -2.29. The van der Waals surface area contributed by atoms with Crippen LogP contribution in [-0.4, -0.2) is 42.4 Å². The maximum absolute atomic E-state index is 11.5. The molecular formula is C16H24N2OS. The topological polar surface area (TPSA) is 32.3 Å². The number of hydrogen-bond acceptors (Lipinski definition) is 3. The molecule has 2 rings (SSSR count). The molecule has 0 bridgehead atoms. The zero-order chi connectivity index (χ0) is 14.5. The van der Waals surface area contributed by atoms with Crippen LogP contribution in [0.2, 0.25) is 0 Å². The number of thioether (sulfide) groups is 1. The van der Waals surface area contributed by atoms with E-state index in [1.807, 2.05) is 23.9 Å². The van der Waals surface area contributed by atoms with Gasteiger partial charge in [0.15, 0.2) is 0 Å². The summed E-state index contributed by atoms with van der Waals surface area (Å²) in [5.41, 5.74) is 2.00. The SMILES string of the molecule is CNC(=O)c1ccc(CN(C)[C@H]2CC[C@@H](SC)C2)cc1. The van der Waals surface area contributed by atoms with E-state index in [-0.39, 0.29) is 5.91 Å². The van der Waals surface area contributed by atoms with E-state index in [0.29, 0.717) is 6.04 Å². The molecule has 2 atom stereocenters. The molecule has 1 amide bonds. The molecular weight excluding hydrogens is 268 g/mol. The summed E-state index contributed by atoms with van der Waals surface area (Å²) >= 11 is 2.00. The summed E-state index contributed by atoms with van der Waals surface area (Å²) in [4.78, 5) is 14.0. The average molecular weight is 292 g/mol. The second-order valence-electron chi connectivity index (χ2n) is 5.52. The molecule has 0 aromatic heterocycles. The molecule has 0 radical (unpaired) electrons. The van der Waals surface area contributed by atoms with Gasteiger partial charge in [-0.25, -0.2) is 0 Å². The van der Waals surface area contributed by atoms with E-state index in [4.69, 9.17) is 0 Å². The molecule has 20 heavy (non-hydrogen) atoms. The molecule has 3 nitrogen and oxygen atoms in total. The van der Waals surface area contributed by atoms with Gasteiger partial charge < -0.3 is 5.32 Å². The van der Waals surface area contributed by atoms with Crippen LogP contribution in [0, 0.1) is 0 Å². The molecule has 110 valence electrons. The van der Waals surface area contributed by atoms with Crippen LogP contribution >= 0.6 is 11.8 Å². The minimum Gasteiger partial charge on any atom is -0.355 e. The Labute approximate surface area is 126 Å². The maximum Gasteiger partial charge on any atom is 0.251 e. The summed E-state index contributed by atoms with van der Waals surface area (Å²) in [5.74, 6) is -0.0245. The number of hydrogen-bond donors (Lipinski definition) is 1. The molecule has 0 aliphatic heterocycles. The number of benzene rings is 1. The van der Waals surface area contributed by atoms with Crippen molar-refractivity contribution in [2.24, 2.45) is 0 Å². The van der Waals surface area contributed by atoms with Gasteiger partial charge in [-0.2, -0.15) is 11.8 Å². The Morgan fingerprint density at radius 2 is 2.05 bits per heavy atom. The van der Waals surface area contributed by atoms with Crippen molar-refractivity contribution < 1.29 is 4.79 Å². The van der Waals surface area contributed by atoms with Crippen LogP contribution < -0.4 is 5.32 Å². The van der Waals surface area contributed by atoms with Gasteiger partial charge in [-0.15, -0.1) is 0 Å². The van der Waals surface area contributed by atoms with Crippen molar-refractivity contribution in [3.8, 4) is 0 Å². The molecule has 0 saturated heterocycles. The van der Waals surface area contributed by atoms with Gasteiger partial charge in [0.05, 0.1) is 0 Å². The number of rotatable bonds is 5. The van der Waals surface area contributed by atoms with Crippen LogP contribution in [-0.2, 0) is 6.54 Å². The zero-order valence-electron chi connectivity index (χ0n) is 12.6. The first-order chi connectivity index (χ1) is 9.63. The fourth-order valence-electron chi connectivity index (χ4n) is 2.85. The van der Waals surface area contributed by atoms with Crippen LogP contribution in [0.25, 0.3) is 0 Å². The van der Waals surface area contributed by atoms with E-state index >= 15 is 0 Å². The van der Waals surface area contributed by atoms with Crippen molar-refractivity contribution in [3.63, 3.8) is 0 Å².